The number of alkyl halides is 3. The number of nitrogens with zero attached hydrogens (tertiary/aromatic N) is 2. The number of ether oxygens (including phenoxy) is 1. The van der Waals surface area contributed by atoms with Gasteiger partial charge in [0.1, 0.15) is 17.1 Å². The number of benzene rings is 3. The molecule has 38 heavy (non-hydrogen) atoms. The summed E-state index contributed by atoms with van der Waals surface area (Å²) in [6.07, 6.45) is -3.86. The predicted molar refractivity (Wildman–Crippen MR) is 125 cm³/mol. The zero-order valence-corrected chi connectivity index (χ0v) is 19.3. The van der Waals surface area contributed by atoms with Gasteiger partial charge in [0, 0.05) is 16.7 Å². The molecule has 9 nitrogen and oxygen atoms in total. The van der Waals surface area contributed by atoms with Crippen LogP contribution in [0, 0.1) is 15.9 Å². The van der Waals surface area contributed by atoms with E-state index in [4.69, 9.17) is 16.3 Å². The first-order valence-corrected chi connectivity index (χ1v) is 10.7. The number of barbiturate groups is 1. The molecule has 0 bridgehead atoms. The Morgan fingerprint density at radius 3 is 2.26 bits per heavy atom. The van der Waals surface area contributed by atoms with Crippen LogP contribution in [0.2, 0.25) is 5.02 Å². The lowest BCUT2D eigenvalue weighted by atomic mass is 10.1. The molecule has 0 aromatic heterocycles. The third-order valence-corrected chi connectivity index (χ3v) is 5.40. The number of nitro benzene ring substituents is 1. The third-order valence-electron chi connectivity index (χ3n) is 5.16. The molecular weight excluding hydrogens is 538 g/mol. The third kappa shape index (κ3) is 5.32. The highest BCUT2D eigenvalue weighted by Gasteiger charge is 2.37. The summed E-state index contributed by atoms with van der Waals surface area (Å²) in [5.74, 6) is -3.59. The molecule has 3 aromatic rings. The Balaban J connectivity index is 1.76. The Labute approximate surface area is 215 Å². The zero-order chi connectivity index (χ0) is 27.8. The van der Waals surface area contributed by atoms with Gasteiger partial charge in [-0.15, -0.1) is 0 Å². The van der Waals surface area contributed by atoms with Crippen molar-refractivity contribution in [3.63, 3.8) is 0 Å². The molecule has 4 rings (SSSR count). The summed E-state index contributed by atoms with van der Waals surface area (Å²) in [6.45, 7) is 0. The van der Waals surface area contributed by atoms with Gasteiger partial charge >= 0.3 is 17.9 Å². The largest absolute Gasteiger partial charge is 0.449 e. The highest BCUT2D eigenvalue weighted by Crippen LogP contribution is 2.39. The second-order valence-electron chi connectivity index (χ2n) is 7.66. The topological polar surface area (TPSA) is 119 Å². The minimum atomic E-state index is -4.85. The van der Waals surface area contributed by atoms with E-state index in [0.717, 1.165) is 36.4 Å². The number of urea groups is 1. The first-order valence-electron chi connectivity index (χ1n) is 10.3. The average Bonchev–Trinajstić information content (AvgIpc) is 2.83. The molecule has 1 aliphatic heterocycles. The lowest BCUT2D eigenvalue weighted by Gasteiger charge is -2.26. The van der Waals surface area contributed by atoms with Crippen LogP contribution in [0.4, 0.5) is 33.7 Å². The van der Waals surface area contributed by atoms with E-state index >= 15 is 0 Å². The molecule has 1 heterocycles. The quantitative estimate of drug-likeness (QED) is 0.140. The molecule has 1 N–H and O–H groups in total. The van der Waals surface area contributed by atoms with E-state index in [2.05, 4.69) is 0 Å². The summed E-state index contributed by atoms with van der Waals surface area (Å²) in [7, 11) is 0. The normalized spacial score (nSPS) is 15.0. The zero-order valence-electron chi connectivity index (χ0n) is 18.6. The summed E-state index contributed by atoms with van der Waals surface area (Å²) in [6, 6.07) is 8.54. The van der Waals surface area contributed by atoms with Gasteiger partial charge < -0.3 is 4.74 Å². The molecule has 3 aromatic carbocycles. The Kier molecular flexibility index (Phi) is 6.87. The summed E-state index contributed by atoms with van der Waals surface area (Å²) in [5, 5.41) is 13.5. The number of nitro groups is 1. The van der Waals surface area contributed by atoms with Crippen molar-refractivity contribution in [1.82, 2.24) is 5.32 Å². The van der Waals surface area contributed by atoms with Gasteiger partial charge in [-0.1, -0.05) is 11.6 Å². The lowest BCUT2D eigenvalue weighted by Crippen LogP contribution is -2.54. The van der Waals surface area contributed by atoms with E-state index in [1.54, 1.807) is 0 Å². The number of rotatable bonds is 5. The maximum atomic E-state index is 13.3. The highest BCUT2D eigenvalue weighted by atomic mass is 35.5. The van der Waals surface area contributed by atoms with Gasteiger partial charge in [-0.25, -0.2) is 14.1 Å². The van der Waals surface area contributed by atoms with Gasteiger partial charge in [-0.2, -0.15) is 13.2 Å². The maximum absolute atomic E-state index is 13.3. The van der Waals surface area contributed by atoms with Crippen LogP contribution in [0.15, 0.2) is 66.2 Å². The summed E-state index contributed by atoms with van der Waals surface area (Å²) >= 11 is 6.02. The van der Waals surface area contributed by atoms with Crippen molar-refractivity contribution in [3.05, 3.63) is 98.3 Å². The first-order chi connectivity index (χ1) is 17.8. The van der Waals surface area contributed by atoms with Crippen LogP contribution in [0.5, 0.6) is 11.5 Å². The molecule has 194 valence electrons. The van der Waals surface area contributed by atoms with E-state index in [9.17, 15) is 42.1 Å². The standard InChI is InChI=1S/C24H12ClF4N3O6/c25-14-2-8-19(38-20-7-1-13(24(27,28)29)11-18(20)32(36)37)12(9-14)10-17-21(33)30-23(35)31(22(17)34)16-5-3-15(26)4-6-16/h1-11H,(H,30,33,35)/b17-10+. The van der Waals surface area contributed by atoms with Crippen LogP contribution in [0.3, 0.4) is 0 Å². The molecule has 0 radical (unpaired) electrons. The number of imide groups is 2. The van der Waals surface area contributed by atoms with Gasteiger partial charge in [0.15, 0.2) is 0 Å². The van der Waals surface area contributed by atoms with E-state index in [-0.39, 0.29) is 22.0 Å². The van der Waals surface area contributed by atoms with Crippen LogP contribution in [-0.2, 0) is 15.8 Å². The van der Waals surface area contributed by atoms with Gasteiger partial charge in [0.05, 0.1) is 16.2 Å². The lowest BCUT2D eigenvalue weighted by molar-refractivity contribution is -0.385. The number of hydrogen-bond donors (Lipinski definition) is 1. The van der Waals surface area contributed by atoms with Crippen molar-refractivity contribution in [2.45, 2.75) is 6.18 Å². The fourth-order valence-electron chi connectivity index (χ4n) is 3.40. The Bertz CT molecular complexity index is 1520. The average molecular weight is 550 g/mol. The van der Waals surface area contributed by atoms with Crippen molar-refractivity contribution in [1.29, 1.82) is 0 Å². The molecule has 0 atom stereocenters. The van der Waals surface area contributed by atoms with Crippen LogP contribution in [0.25, 0.3) is 6.08 Å². The molecular formula is C24H12ClF4N3O6. The molecule has 0 unspecified atom stereocenters. The molecule has 1 saturated heterocycles. The summed E-state index contributed by atoms with van der Waals surface area (Å²) in [5.41, 5.74) is -2.96. The first kappa shape index (κ1) is 26.3. The molecule has 0 spiro atoms. The van der Waals surface area contributed by atoms with E-state index in [1.165, 1.54) is 18.2 Å². The number of anilines is 1. The van der Waals surface area contributed by atoms with Gasteiger partial charge in [-0.05, 0) is 60.7 Å². The Morgan fingerprint density at radius 2 is 1.63 bits per heavy atom. The van der Waals surface area contributed by atoms with Crippen LogP contribution < -0.4 is 15.0 Å². The monoisotopic (exact) mass is 549 g/mol. The SMILES string of the molecule is O=C1NC(=O)N(c2ccc(F)cc2)C(=O)/C1=C/c1cc(Cl)ccc1Oc1ccc(C(F)(F)F)cc1[N+](=O)[O-]. The number of hydrogen-bond acceptors (Lipinski definition) is 6. The minimum absolute atomic E-state index is 0.0461. The van der Waals surface area contributed by atoms with Crippen LogP contribution in [-0.4, -0.2) is 22.8 Å². The fraction of sp³-hybridized carbons (Fsp3) is 0.0417. The molecule has 1 fully saturated rings. The van der Waals surface area contributed by atoms with E-state index in [0.29, 0.717) is 17.0 Å². The molecule has 0 aliphatic carbocycles. The molecule has 4 amide bonds. The van der Waals surface area contributed by atoms with Crippen LogP contribution >= 0.6 is 11.6 Å². The van der Waals surface area contributed by atoms with Crippen molar-refractivity contribution >= 4 is 46.9 Å². The maximum Gasteiger partial charge on any atom is 0.416 e. The summed E-state index contributed by atoms with van der Waals surface area (Å²) in [4.78, 5) is 48.8. The second kappa shape index (κ2) is 9.94. The number of nitrogens with one attached hydrogen (secondary N) is 1. The van der Waals surface area contributed by atoms with Crippen molar-refractivity contribution in [2.24, 2.45) is 0 Å². The smallest absolute Gasteiger partial charge is 0.416 e. The van der Waals surface area contributed by atoms with Gasteiger partial charge in [-0.3, -0.25) is 25.0 Å². The minimum Gasteiger partial charge on any atom is -0.449 e. The van der Waals surface area contributed by atoms with E-state index in [1.807, 2.05) is 5.32 Å². The van der Waals surface area contributed by atoms with Crippen molar-refractivity contribution in [3.8, 4) is 11.5 Å². The van der Waals surface area contributed by atoms with Gasteiger partial charge in [0.25, 0.3) is 11.8 Å². The predicted octanol–water partition coefficient (Wildman–Crippen LogP) is 5.86. The van der Waals surface area contributed by atoms with Crippen LogP contribution in [0.1, 0.15) is 11.1 Å². The fourth-order valence-corrected chi connectivity index (χ4v) is 3.58. The van der Waals surface area contributed by atoms with Crippen molar-refractivity contribution in [2.75, 3.05) is 4.90 Å². The number of carbonyl (C=O) groups excluding carboxylic acids is 3. The number of carbonyl (C=O) groups is 3. The number of amides is 4. The summed E-state index contributed by atoms with van der Waals surface area (Å²) < 4.78 is 57.9. The Morgan fingerprint density at radius 1 is 0.974 bits per heavy atom. The van der Waals surface area contributed by atoms with E-state index < -0.39 is 57.3 Å². The molecule has 0 saturated carbocycles. The number of halogens is 5. The molecule has 1 aliphatic rings. The second-order valence-corrected chi connectivity index (χ2v) is 8.09. The molecule has 14 heteroatoms. The van der Waals surface area contributed by atoms with Crippen molar-refractivity contribution < 1.29 is 41.6 Å². The Hall–Kier alpha value is -4.78. The highest BCUT2D eigenvalue weighted by molar-refractivity contribution is 6.39. The van der Waals surface area contributed by atoms with Gasteiger partial charge in [0.2, 0.25) is 5.75 Å².